The van der Waals surface area contributed by atoms with Crippen molar-refractivity contribution in [2.24, 2.45) is 0 Å². The van der Waals surface area contributed by atoms with Gasteiger partial charge in [-0.3, -0.25) is 4.79 Å². The largest absolute Gasteiger partial charge is 0.493 e. The summed E-state index contributed by atoms with van der Waals surface area (Å²) in [5.41, 5.74) is 0.952. The third-order valence-corrected chi connectivity index (χ3v) is 5.88. The highest BCUT2D eigenvalue weighted by Gasteiger charge is 2.30. The van der Waals surface area contributed by atoms with Crippen LogP contribution in [0.1, 0.15) is 17.4 Å². The molecule has 162 valence electrons. The summed E-state index contributed by atoms with van der Waals surface area (Å²) in [5.74, 6) is 2.47. The SMILES string of the molecule is CCN(Cc1ccc(OCc2cccs2)c(OC)c1)C(=O)C1COc2ccccc2O1. The van der Waals surface area contributed by atoms with Crippen molar-refractivity contribution in [3.63, 3.8) is 0 Å². The number of carbonyl (C=O) groups excluding carboxylic acids is 1. The number of methoxy groups -OCH3 is 1. The number of amides is 1. The minimum absolute atomic E-state index is 0.103. The van der Waals surface area contributed by atoms with E-state index < -0.39 is 6.10 Å². The van der Waals surface area contributed by atoms with E-state index >= 15 is 0 Å². The first-order valence-electron chi connectivity index (χ1n) is 10.2. The number of ether oxygens (including phenoxy) is 4. The van der Waals surface area contributed by atoms with Gasteiger partial charge in [-0.2, -0.15) is 0 Å². The first-order valence-corrected chi connectivity index (χ1v) is 11.0. The number of para-hydroxylation sites is 2. The number of carbonyl (C=O) groups is 1. The van der Waals surface area contributed by atoms with Crippen LogP contribution in [0.2, 0.25) is 0 Å². The van der Waals surface area contributed by atoms with E-state index in [4.69, 9.17) is 18.9 Å². The van der Waals surface area contributed by atoms with Gasteiger partial charge in [-0.1, -0.05) is 24.3 Å². The van der Waals surface area contributed by atoms with Gasteiger partial charge in [0.25, 0.3) is 5.91 Å². The van der Waals surface area contributed by atoms with Crippen molar-refractivity contribution in [2.75, 3.05) is 20.3 Å². The molecule has 0 bridgehead atoms. The second-order valence-electron chi connectivity index (χ2n) is 7.07. The zero-order valence-corrected chi connectivity index (χ0v) is 18.4. The average molecular weight is 440 g/mol. The lowest BCUT2D eigenvalue weighted by molar-refractivity contribution is -0.141. The second kappa shape index (κ2) is 9.75. The maximum Gasteiger partial charge on any atom is 0.267 e. The Labute approximate surface area is 185 Å². The van der Waals surface area contributed by atoms with Crippen LogP contribution in [0, 0.1) is 0 Å². The van der Waals surface area contributed by atoms with Crippen LogP contribution < -0.4 is 18.9 Å². The standard InChI is InChI=1S/C24H25NO5S/c1-3-25(24(26)23-16-29-19-8-4-5-9-21(19)30-23)14-17-10-11-20(22(13-17)27-2)28-15-18-7-6-12-31-18/h4-13,23H,3,14-16H2,1-2H3. The maximum absolute atomic E-state index is 13.1. The van der Waals surface area contributed by atoms with Crippen LogP contribution in [0.25, 0.3) is 0 Å². The molecule has 0 spiro atoms. The number of hydrogen-bond donors (Lipinski definition) is 0. The number of benzene rings is 2. The lowest BCUT2D eigenvalue weighted by Gasteiger charge is -2.30. The van der Waals surface area contributed by atoms with Crippen molar-refractivity contribution in [2.45, 2.75) is 26.2 Å². The summed E-state index contributed by atoms with van der Waals surface area (Å²) in [4.78, 5) is 16.0. The molecule has 0 N–H and O–H groups in total. The summed E-state index contributed by atoms with van der Waals surface area (Å²) < 4.78 is 23.0. The van der Waals surface area contributed by atoms with Gasteiger partial charge in [-0.15, -0.1) is 11.3 Å². The van der Waals surface area contributed by atoms with Crippen LogP contribution in [0.4, 0.5) is 0 Å². The maximum atomic E-state index is 13.1. The Morgan fingerprint density at radius 2 is 1.97 bits per heavy atom. The zero-order valence-electron chi connectivity index (χ0n) is 17.6. The molecule has 1 aliphatic rings. The minimum Gasteiger partial charge on any atom is -0.493 e. The molecule has 0 aliphatic carbocycles. The van der Waals surface area contributed by atoms with Crippen LogP contribution >= 0.6 is 11.3 Å². The first kappa shape index (κ1) is 21.1. The Balaban J connectivity index is 1.42. The third kappa shape index (κ3) is 4.94. The Hall–Kier alpha value is -3.19. The van der Waals surface area contributed by atoms with E-state index in [9.17, 15) is 4.79 Å². The molecule has 7 heteroatoms. The fraction of sp³-hybridized carbons (Fsp3) is 0.292. The number of thiophene rings is 1. The first-order chi connectivity index (χ1) is 15.2. The molecular formula is C24H25NO5S. The Kier molecular flexibility index (Phi) is 6.62. The van der Waals surface area contributed by atoms with E-state index in [1.54, 1.807) is 23.3 Å². The van der Waals surface area contributed by atoms with Crippen molar-refractivity contribution in [3.8, 4) is 23.0 Å². The van der Waals surface area contributed by atoms with Crippen LogP contribution in [-0.2, 0) is 17.9 Å². The quantitative estimate of drug-likeness (QED) is 0.516. The van der Waals surface area contributed by atoms with Crippen molar-refractivity contribution < 1.29 is 23.7 Å². The lowest BCUT2D eigenvalue weighted by atomic mass is 10.1. The highest BCUT2D eigenvalue weighted by atomic mass is 32.1. The average Bonchev–Trinajstić information content (AvgIpc) is 3.34. The van der Waals surface area contributed by atoms with Gasteiger partial charge in [-0.25, -0.2) is 0 Å². The normalized spacial score (nSPS) is 14.7. The lowest BCUT2D eigenvalue weighted by Crippen LogP contribution is -2.46. The number of rotatable bonds is 8. The highest BCUT2D eigenvalue weighted by molar-refractivity contribution is 7.09. The number of hydrogen-bond acceptors (Lipinski definition) is 6. The van der Waals surface area contributed by atoms with E-state index in [1.165, 1.54) is 0 Å². The van der Waals surface area contributed by atoms with Gasteiger partial charge in [0, 0.05) is 18.0 Å². The van der Waals surface area contributed by atoms with Gasteiger partial charge in [-0.05, 0) is 48.2 Å². The van der Waals surface area contributed by atoms with Crippen LogP contribution in [0.3, 0.4) is 0 Å². The Bertz CT molecular complexity index is 1020. The van der Waals surface area contributed by atoms with Crippen molar-refractivity contribution in [1.82, 2.24) is 4.90 Å². The Morgan fingerprint density at radius 3 is 2.71 bits per heavy atom. The molecule has 31 heavy (non-hydrogen) atoms. The van der Waals surface area contributed by atoms with Crippen LogP contribution in [0.15, 0.2) is 60.0 Å². The summed E-state index contributed by atoms with van der Waals surface area (Å²) >= 11 is 1.65. The summed E-state index contributed by atoms with van der Waals surface area (Å²) in [6.45, 7) is 3.64. The summed E-state index contributed by atoms with van der Waals surface area (Å²) in [6.07, 6.45) is -0.662. The molecule has 1 aliphatic heterocycles. The molecule has 4 rings (SSSR count). The number of fused-ring (bicyclic) bond motifs is 1. The molecule has 1 aromatic heterocycles. The van der Waals surface area contributed by atoms with Gasteiger partial charge < -0.3 is 23.8 Å². The molecule has 1 amide bonds. The van der Waals surface area contributed by atoms with Gasteiger partial charge in [0.15, 0.2) is 23.0 Å². The van der Waals surface area contributed by atoms with Gasteiger partial charge in [0.1, 0.15) is 13.2 Å². The topological polar surface area (TPSA) is 57.2 Å². The summed E-state index contributed by atoms with van der Waals surface area (Å²) in [5, 5.41) is 2.02. The molecule has 1 atom stereocenters. The monoisotopic (exact) mass is 439 g/mol. The van der Waals surface area contributed by atoms with Crippen molar-refractivity contribution >= 4 is 17.2 Å². The highest BCUT2D eigenvalue weighted by Crippen LogP contribution is 2.32. The van der Waals surface area contributed by atoms with Crippen LogP contribution in [0.5, 0.6) is 23.0 Å². The number of likely N-dealkylation sites (N-methyl/N-ethyl adjacent to an activating group) is 1. The predicted octanol–water partition coefficient (Wildman–Crippen LogP) is 4.52. The van der Waals surface area contributed by atoms with E-state index in [2.05, 4.69) is 0 Å². The third-order valence-electron chi connectivity index (χ3n) is 5.03. The fourth-order valence-electron chi connectivity index (χ4n) is 3.38. The molecule has 2 heterocycles. The molecular weight excluding hydrogens is 414 g/mol. The molecule has 1 unspecified atom stereocenters. The fourth-order valence-corrected chi connectivity index (χ4v) is 4.00. The molecule has 0 saturated heterocycles. The number of nitrogens with zero attached hydrogens (tertiary/aromatic N) is 1. The summed E-state index contributed by atoms with van der Waals surface area (Å²) in [7, 11) is 1.62. The Morgan fingerprint density at radius 1 is 1.13 bits per heavy atom. The smallest absolute Gasteiger partial charge is 0.267 e. The molecule has 0 saturated carbocycles. The van der Waals surface area contributed by atoms with E-state index in [1.807, 2.05) is 66.9 Å². The molecule has 0 radical (unpaired) electrons. The van der Waals surface area contributed by atoms with Crippen molar-refractivity contribution in [1.29, 1.82) is 0 Å². The van der Waals surface area contributed by atoms with E-state index in [0.717, 1.165) is 10.4 Å². The molecule has 6 nitrogen and oxygen atoms in total. The van der Waals surface area contributed by atoms with Crippen LogP contribution in [-0.4, -0.2) is 37.2 Å². The van der Waals surface area contributed by atoms with Gasteiger partial charge in [0.05, 0.1) is 7.11 Å². The van der Waals surface area contributed by atoms with Gasteiger partial charge in [0.2, 0.25) is 6.10 Å². The predicted molar refractivity (Wildman–Crippen MR) is 119 cm³/mol. The molecule has 0 fully saturated rings. The second-order valence-corrected chi connectivity index (χ2v) is 8.10. The zero-order chi connectivity index (χ0) is 21.6. The van der Waals surface area contributed by atoms with Gasteiger partial charge >= 0.3 is 0 Å². The molecule has 3 aromatic rings. The van der Waals surface area contributed by atoms with Crippen molar-refractivity contribution in [3.05, 3.63) is 70.4 Å². The minimum atomic E-state index is -0.662. The summed E-state index contributed by atoms with van der Waals surface area (Å²) in [6, 6.07) is 17.2. The molecule has 2 aromatic carbocycles. The van der Waals surface area contributed by atoms with E-state index in [-0.39, 0.29) is 12.5 Å². The van der Waals surface area contributed by atoms with E-state index in [0.29, 0.717) is 42.7 Å².